The van der Waals surface area contributed by atoms with Crippen LogP contribution in [0.4, 0.5) is 5.69 Å². The number of hydrogen-bond donors (Lipinski definition) is 2. The third-order valence-corrected chi connectivity index (χ3v) is 2.43. The number of anilines is 1. The maximum Gasteiger partial charge on any atom is 0.315 e. The summed E-state index contributed by atoms with van der Waals surface area (Å²) in [6.45, 7) is 5.65. The van der Waals surface area contributed by atoms with Crippen LogP contribution < -0.4 is 10.6 Å². The molecule has 0 aromatic heterocycles. The van der Waals surface area contributed by atoms with Crippen molar-refractivity contribution in [2.75, 3.05) is 12.4 Å². The summed E-state index contributed by atoms with van der Waals surface area (Å²) in [5.41, 5.74) is 0.535. The van der Waals surface area contributed by atoms with E-state index < -0.39 is 11.9 Å². The molecule has 0 bridgehead atoms. The summed E-state index contributed by atoms with van der Waals surface area (Å²) < 4.78 is 4.41. The van der Waals surface area contributed by atoms with Gasteiger partial charge in [-0.3, -0.25) is 14.4 Å². The summed E-state index contributed by atoms with van der Waals surface area (Å²) in [6, 6.07) is 6.50. The van der Waals surface area contributed by atoms with Crippen LogP contribution in [0.25, 0.3) is 0 Å². The van der Waals surface area contributed by atoms with Crippen LogP contribution in [0.1, 0.15) is 37.6 Å². The third-order valence-electron chi connectivity index (χ3n) is 2.43. The van der Waals surface area contributed by atoms with E-state index in [1.807, 2.05) is 20.8 Å². The van der Waals surface area contributed by atoms with Gasteiger partial charge >= 0.3 is 5.97 Å². The minimum Gasteiger partial charge on any atom is -0.469 e. The maximum absolute atomic E-state index is 12.0. The second-order valence-electron chi connectivity index (χ2n) is 5.59. The molecule has 6 nitrogen and oxygen atoms in total. The molecule has 1 aromatic rings. The number of ether oxygens (including phenoxy) is 1. The Morgan fingerprint density at radius 2 is 1.86 bits per heavy atom. The average molecular weight is 292 g/mol. The largest absolute Gasteiger partial charge is 0.469 e. The third kappa shape index (κ3) is 6.07. The molecule has 0 aliphatic carbocycles. The zero-order chi connectivity index (χ0) is 16.0. The standard InChI is InChI=1S/C15H20N2O4/c1-15(2,3)17-14(20)10-6-5-7-11(8-10)16-12(18)9-13(19)21-4/h5-8H,9H2,1-4H3,(H,16,18)(H,17,20). The number of benzene rings is 1. The Kier molecular flexibility index (Phi) is 5.46. The minimum absolute atomic E-state index is 0.230. The highest BCUT2D eigenvalue weighted by Crippen LogP contribution is 2.12. The molecule has 0 aliphatic heterocycles. The van der Waals surface area contributed by atoms with Crippen molar-refractivity contribution in [1.29, 1.82) is 0 Å². The van der Waals surface area contributed by atoms with Crippen LogP contribution >= 0.6 is 0 Å². The maximum atomic E-state index is 12.0. The average Bonchev–Trinajstić information content (AvgIpc) is 2.36. The zero-order valence-electron chi connectivity index (χ0n) is 12.6. The molecule has 1 aromatic carbocycles. The van der Waals surface area contributed by atoms with E-state index in [2.05, 4.69) is 15.4 Å². The number of carbonyl (C=O) groups excluding carboxylic acids is 3. The monoisotopic (exact) mass is 292 g/mol. The lowest BCUT2D eigenvalue weighted by Gasteiger charge is -2.20. The van der Waals surface area contributed by atoms with Crippen molar-refractivity contribution in [2.24, 2.45) is 0 Å². The highest BCUT2D eigenvalue weighted by Gasteiger charge is 2.16. The highest BCUT2D eigenvalue weighted by molar-refractivity contribution is 6.02. The topological polar surface area (TPSA) is 84.5 Å². The first-order valence-corrected chi connectivity index (χ1v) is 6.50. The van der Waals surface area contributed by atoms with E-state index in [1.54, 1.807) is 24.3 Å². The number of esters is 1. The van der Waals surface area contributed by atoms with Gasteiger partial charge in [0.2, 0.25) is 5.91 Å². The molecular formula is C15H20N2O4. The molecule has 2 amide bonds. The quantitative estimate of drug-likeness (QED) is 0.653. The van der Waals surface area contributed by atoms with Gasteiger partial charge in [0.05, 0.1) is 7.11 Å². The SMILES string of the molecule is COC(=O)CC(=O)Nc1cccc(C(=O)NC(C)(C)C)c1. The van der Waals surface area contributed by atoms with Crippen molar-refractivity contribution in [3.8, 4) is 0 Å². The number of hydrogen-bond acceptors (Lipinski definition) is 4. The van der Waals surface area contributed by atoms with Gasteiger partial charge in [-0.15, -0.1) is 0 Å². The van der Waals surface area contributed by atoms with Gasteiger partial charge in [-0.1, -0.05) is 6.07 Å². The minimum atomic E-state index is -0.617. The summed E-state index contributed by atoms with van der Waals surface area (Å²) in [5, 5.41) is 5.38. The van der Waals surface area contributed by atoms with Gasteiger partial charge in [0.1, 0.15) is 6.42 Å². The Hall–Kier alpha value is -2.37. The van der Waals surface area contributed by atoms with Crippen LogP contribution in [0.3, 0.4) is 0 Å². The van der Waals surface area contributed by atoms with E-state index in [9.17, 15) is 14.4 Å². The zero-order valence-corrected chi connectivity index (χ0v) is 12.6. The molecule has 0 atom stereocenters. The Morgan fingerprint density at radius 3 is 2.43 bits per heavy atom. The van der Waals surface area contributed by atoms with Gasteiger partial charge in [0.15, 0.2) is 0 Å². The second-order valence-corrected chi connectivity index (χ2v) is 5.59. The highest BCUT2D eigenvalue weighted by atomic mass is 16.5. The summed E-state index contributed by atoms with van der Waals surface area (Å²) in [4.78, 5) is 34.6. The van der Waals surface area contributed by atoms with Gasteiger partial charge in [-0.25, -0.2) is 0 Å². The van der Waals surface area contributed by atoms with Gasteiger partial charge in [-0.05, 0) is 39.0 Å². The first-order valence-electron chi connectivity index (χ1n) is 6.50. The Labute approximate surface area is 123 Å². The van der Waals surface area contributed by atoms with Crippen molar-refractivity contribution in [2.45, 2.75) is 32.7 Å². The van der Waals surface area contributed by atoms with E-state index in [0.717, 1.165) is 0 Å². The molecule has 0 fully saturated rings. The summed E-state index contributed by atoms with van der Waals surface area (Å²) in [6.07, 6.45) is -0.366. The van der Waals surface area contributed by atoms with Gasteiger partial charge in [0, 0.05) is 16.8 Å². The van der Waals surface area contributed by atoms with Crippen molar-refractivity contribution in [3.63, 3.8) is 0 Å². The molecule has 0 heterocycles. The molecule has 21 heavy (non-hydrogen) atoms. The summed E-state index contributed by atoms with van der Waals surface area (Å²) in [5.74, 6) is -1.34. The summed E-state index contributed by atoms with van der Waals surface area (Å²) >= 11 is 0. The Balaban J connectivity index is 2.75. The molecular weight excluding hydrogens is 272 g/mol. The molecule has 0 aliphatic rings. The Bertz CT molecular complexity index is 547. The van der Waals surface area contributed by atoms with Gasteiger partial charge in [0.25, 0.3) is 5.91 Å². The molecule has 0 unspecified atom stereocenters. The molecule has 0 saturated carbocycles. The fourth-order valence-electron chi connectivity index (χ4n) is 1.56. The fraction of sp³-hybridized carbons (Fsp3) is 0.400. The fourth-order valence-corrected chi connectivity index (χ4v) is 1.56. The van der Waals surface area contributed by atoms with Crippen LogP contribution in [0.2, 0.25) is 0 Å². The van der Waals surface area contributed by atoms with Gasteiger partial charge in [-0.2, -0.15) is 0 Å². The second kappa shape index (κ2) is 6.88. The number of amides is 2. The van der Waals surface area contributed by atoms with Crippen LogP contribution in [-0.2, 0) is 14.3 Å². The Morgan fingerprint density at radius 1 is 1.19 bits per heavy atom. The number of nitrogens with one attached hydrogen (secondary N) is 2. The smallest absolute Gasteiger partial charge is 0.315 e. The van der Waals surface area contributed by atoms with E-state index in [-0.39, 0.29) is 17.9 Å². The van der Waals surface area contributed by atoms with Crippen molar-refractivity contribution in [3.05, 3.63) is 29.8 Å². The van der Waals surface area contributed by atoms with Gasteiger partial charge < -0.3 is 15.4 Å². The molecule has 1 rings (SSSR count). The molecule has 0 spiro atoms. The number of rotatable bonds is 4. The molecule has 2 N–H and O–H groups in total. The number of carbonyl (C=O) groups is 3. The van der Waals surface area contributed by atoms with E-state index in [4.69, 9.17) is 0 Å². The molecule has 0 radical (unpaired) electrons. The molecule has 114 valence electrons. The van der Waals surface area contributed by atoms with Crippen LogP contribution in [0.5, 0.6) is 0 Å². The van der Waals surface area contributed by atoms with Crippen molar-refractivity contribution >= 4 is 23.5 Å². The van der Waals surface area contributed by atoms with E-state index >= 15 is 0 Å². The predicted octanol–water partition coefficient (Wildman–Crippen LogP) is 1.72. The summed E-state index contributed by atoms with van der Waals surface area (Å²) in [7, 11) is 1.22. The van der Waals surface area contributed by atoms with E-state index in [0.29, 0.717) is 11.3 Å². The van der Waals surface area contributed by atoms with Crippen molar-refractivity contribution in [1.82, 2.24) is 5.32 Å². The predicted molar refractivity (Wildman–Crippen MR) is 78.9 cm³/mol. The lowest BCUT2D eigenvalue weighted by atomic mass is 10.1. The first kappa shape index (κ1) is 16.7. The molecule has 6 heteroatoms. The number of methoxy groups -OCH3 is 1. The van der Waals surface area contributed by atoms with Crippen LogP contribution in [0.15, 0.2) is 24.3 Å². The molecule has 0 saturated heterocycles. The normalized spacial score (nSPS) is 10.7. The van der Waals surface area contributed by atoms with Crippen molar-refractivity contribution < 1.29 is 19.1 Å². The van der Waals surface area contributed by atoms with Crippen LogP contribution in [0, 0.1) is 0 Å². The van der Waals surface area contributed by atoms with Crippen LogP contribution in [-0.4, -0.2) is 30.4 Å². The lowest BCUT2D eigenvalue weighted by molar-refractivity contribution is -0.142. The lowest BCUT2D eigenvalue weighted by Crippen LogP contribution is -2.40. The first-order chi connectivity index (χ1) is 9.71. The van der Waals surface area contributed by atoms with E-state index in [1.165, 1.54) is 7.11 Å².